The maximum Gasteiger partial charge on any atom is 0.220 e. The Kier molecular flexibility index (Phi) is 5.24. The number of nitrogens with zero attached hydrogens (tertiary/aromatic N) is 5. The van der Waals surface area contributed by atoms with E-state index in [1.807, 2.05) is 22.9 Å². The van der Waals surface area contributed by atoms with Gasteiger partial charge < -0.3 is 5.32 Å². The third-order valence-corrected chi connectivity index (χ3v) is 5.25. The number of likely N-dealkylation sites (tertiary alicyclic amines) is 1. The SMILES string of the molecule is O=C(CCc1ccccc1)NC1CCN(Cc2nnnn2C2CC2)CC1. The van der Waals surface area contributed by atoms with Gasteiger partial charge in [-0.1, -0.05) is 30.3 Å². The van der Waals surface area contributed by atoms with Gasteiger partial charge in [-0.3, -0.25) is 9.69 Å². The number of rotatable bonds is 7. The average molecular weight is 354 g/mol. The zero-order chi connectivity index (χ0) is 17.8. The molecule has 0 atom stereocenters. The van der Waals surface area contributed by atoms with Crippen LogP contribution < -0.4 is 5.32 Å². The Morgan fingerprint density at radius 2 is 1.88 bits per heavy atom. The Bertz CT molecular complexity index is 719. The van der Waals surface area contributed by atoms with Crippen LogP contribution in [-0.2, 0) is 17.8 Å². The predicted molar refractivity (Wildman–Crippen MR) is 97.3 cm³/mol. The molecule has 0 radical (unpaired) electrons. The van der Waals surface area contributed by atoms with Crippen molar-refractivity contribution in [3.63, 3.8) is 0 Å². The lowest BCUT2D eigenvalue weighted by Gasteiger charge is -2.31. The average Bonchev–Trinajstić information content (AvgIpc) is 3.42. The summed E-state index contributed by atoms with van der Waals surface area (Å²) >= 11 is 0. The molecular weight excluding hydrogens is 328 g/mol. The molecule has 0 spiro atoms. The third kappa shape index (κ3) is 4.46. The van der Waals surface area contributed by atoms with Crippen LogP contribution in [0.2, 0.25) is 0 Å². The van der Waals surface area contributed by atoms with Crippen molar-refractivity contribution in [2.45, 2.75) is 57.2 Å². The second-order valence-electron chi connectivity index (χ2n) is 7.37. The fourth-order valence-electron chi connectivity index (χ4n) is 3.56. The molecule has 138 valence electrons. The van der Waals surface area contributed by atoms with Crippen LogP contribution in [0.3, 0.4) is 0 Å². The number of piperidine rings is 1. The maximum absolute atomic E-state index is 12.2. The topological polar surface area (TPSA) is 75.9 Å². The monoisotopic (exact) mass is 354 g/mol. The number of hydrogen-bond donors (Lipinski definition) is 1. The first-order chi connectivity index (χ1) is 12.8. The van der Waals surface area contributed by atoms with E-state index in [9.17, 15) is 4.79 Å². The molecule has 7 heteroatoms. The van der Waals surface area contributed by atoms with Crippen molar-refractivity contribution in [2.24, 2.45) is 0 Å². The van der Waals surface area contributed by atoms with Crippen LogP contribution in [0.15, 0.2) is 30.3 Å². The fraction of sp³-hybridized carbons (Fsp3) is 0.579. The molecule has 1 saturated carbocycles. The molecule has 26 heavy (non-hydrogen) atoms. The summed E-state index contributed by atoms with van der Waals surface area (Å²) in [5.74, 6) is 1.13. The van der Waals surface area contributed by atoms with Crippen molar-refractivity contribution in [1.29, 1.82) is 0 Å². The van der Waals surface area contributed by atoms with Gasteiger partial charge in [0.1, 0.15) is 0 Å². The summed E-state index contributed by atoms with van der Waals surface area (Å²) in [4.78, 5) is 14.6. The van der Waals surface area contributed by atoms with Crippen molar-refractivity contribution in [2.75, 3.05) is 13.1 Å². The van der Waals surface area contributed by atoms with Gasteiger partial charge in [0, 0.05) is 25.6 Å². The molecule has 2 aromatic rings. The van der Waals surface area contributed by atoms with Gasteiger partial charge in [0.2, 0.25) is 5.91 Å². The zero-order valence-electron chi connectivity index (χ0n) is 15.0. The molecule has 2 fully saturated rings. The summed E-state index contributed by atoms with van der Waals surface area (Å²) in [5, 5.41) is 15.3. The minimum absolute atomic E-state index is 0.157. The Morgan fingerprint density at radius 1 is 1.12 bits per heavy atom. The van der Waals surface area contributed by atoms with Crippen molar-refractivity contribution in [3.05, 3.63) is 41.7 Å². The molecule has 7 nitrogen and oxygen atoms in total. The number of aromatic nitrogens is 4. The van der Waals surface area contributed by atoms with Crippen LogP contribution in [-0.4, -0.2) is 50.1 Å². The minimum atomic E-state index is 0.157. The van der Waals surface area contributed by atoms with Crippen molar-refractivity contribution in [1.82, 2.24) is 30.4 Å². The molecule has 0 unspecified atom stereocenters. The number of nitrogens with one attached hydrogen (secondary N) is 1. The molecule has 1 amide bonds. The second-order valence-corrected chi connectivity index (χ2v) is 7.37. The van der Waals surface area contributed by atoms with Crippen LogP contribution in [0.1, 0.15) is 49.5 Å². The Hall–Kier alpha value is -2.28. The summed E-state index contributed by atoms with van der Waals surface area (Å²) in [6.45, 7) is 2.75. The highest BCUT2D eigenvalue weighted by Gasteiger charge is 2.29. The van der Waals surface area contributed by atoms with E-state index < -0.39 is 0 Å². The van der Waals surface area contributed by atoms with Gasteiger partial charge in [-0.15, -0.1) is 5.10 Å². The van der Waals surface area contributed by atoms with Gasteiger partial charge in [-0.2, -0.15) is 0 Å². The highest BCUT2D eigenvalue weighted by atomic mass is 16.1. The van der Waals surface area contributed by atoms with E-state index >= 15 is 0 Å². The number of hydrogen-bond acceptors (Lipinski definition) is 5. The smallest absolute Gasteiger partial charge is 0.220 e. The normalized spacial score (nSPS) is 18.8. The molecule has 2 heterocycles. The number of carbonyl (C=O) groups is 1. The van der Waals surface area contributed by atoms with Crippen LogP contribution >= 0.6 is 0 Å². The van der Waals surface area contributed by atoms with Gasteiger partial charge in [0.25, 0.3) is 0 Å². The summed E-state index contributed by atoms with van der Waals surface area (Å²) in [6.07, 6.45) is 5.71. The minimum Gasteiger partial charge on any atom is -0.353 e. The number of tetrazole rings is 1. The van der Waals surface area contributed by atoms with Crippen LogP contribution in [0.4, 0.5) is 0 Å². The van der Waals surface area contributed by atoms with Crippen molar-refractivity contribution < 1.29 is 4.79 Å². The van der Waals surface area contributed by atoms with E-state index in [4.69, 9.17) is 0 Å². The lowest BCUT2D eigenvalue weighted by atomic mass is 10.0. The molecule has 1 saturated heterocycles. The maximum atomic E-state index is 12.2. The van der Waals surface area contributed by atoms with Gasteiger partial charge in [0.05, 0.1) is 12.6 Å². The fourth-order valence-corrected chi connectivity index (χ4v) is 3.56. The molecule has 1 aromatic heterocycles. The molecular formula is C19H26N6O. The number of carbonyl (C=O) groups excluding carboxylic acids is 1. The summed E-state index contributed by atoms with van der Waals surface area (Å²) in [6, 6.07) is 11.0. The standard InChI is InChI=1S/C19H26N6O/c26-19(9-6-15-4-2-1-3-5-15)20-16-10-12-24(13-11-16)14-18-21-22-23-25(18)17-7-8-17/h1-5,16-17H,6-14H2,(H,20,26). The number of benzene rings is 1. The summed E-state index contributed by atoms with van der Waals surface area (Å²) < 4.78 is 1.98. The molecule has 1 aliphatic carbocycles. The van der Waals surface area contributed by atoms with Crippen LogP contribution in [0.5, 0.6) is 0 Å². The lowest BCUT2D eigenvalue weighted by molar-refractivity contribution is -0.122. The quantitative estimate of drug-likeness (QED) is 0.819. The molecule has 1 N–H and O–H groups in total. The van der Waals surface area contributed by atoms with Gasteiger partial charge >= 0.3 is 0 Å². The summed E-state index contributed by atoms with van der Waals surface area (Å²) in [7, 11) is 0. The van der Waals surface area contributed by atoms with Crippen LogP contribution in [0.25, 0.3) is 0 Å². The first-order valence-corrected chi connectivity index (χ1v) is 9.60. The van der Waals surface area contributed by atoms with E-state index in [2.05, 4.69) is 37.9 Å². The predicted octanol–water partition coefficient (Wildman–Crippen LogP) is 1.72. The Labute approximate surface area is 153 Å². The first-order valence-electron chi connectivity index (χ1n) is 9.60. The molecule has 2 aliphatic rings. The van der Waals surface area contributed by atoms with Crippen molar-refractivity contribution >= 4 is 5.91 Å². The van der Waals surface area contributed by atoms with E-state index in [1.165, 1.54) is 18.4 Å². The van der Waals surface area contributed by atoms with E-state index in [1.54, 1.807) is 0 Å². The van der Waals surface area contributed by atoms with Crippen molar-refractivity contribution in [3.8, 4) is 0 Å². The Balaban J connectivity index is 1.18. The lowest BCUT2D eigenvalue weighted by Crippen LogP contribution is -2.44. The second kappa shape index (κ2) is 7.95. The molecule has 4 rings (SSSR count). The molecule has 1 aromatic carbocycles. The number of amides is 1. The highest BCUT2D eigenvalue weighted by molar-refractivity contribution is 5.76. The largest absolute Gasteiger partial charge is 0.353 e. The zero-order valence-corrected chi connectivity index (χ0v) is 15.0. The van der Waals surface area contributed by atoms with Crippen LogP contribution in [0, 0.1) is 0 Å². The van der Waals surface area contributed by atoms with E-state index in [0.717, 1.165) is 44.7 Å². The van der Waals surface area contributed by atoms with Gasteiger partial charge in [-0.05, 0) is 48.1 Å². The molecule has 0 bridgehead atoms. The van der Waals surface area contributed by atoms with E-state index in [-0.39, 0.29) is 11.9 Å². The first kappa shape index (κ1) is 17.1. The van der Waals surface area contributed by atoms with E-state index in [0.29, 0.717) is 12.5 Å². The highest BCUT2D eigenvalue weighted by Crippen LogP contribution is 2.34. The number of aryl methyl sites for hydroxylation is 1. The third-order valence-electron chi connectivity index (χ3n) is 5.25. The van der Waals surface area contributed by atoms with Gasteiger partial charge in [-0.25, -0.2) is 4.68 Å². The van der Waals surface area contributed by atoms with Gasteiger partial charge in [0.15, 0.2) is 5.82 Å². The summed E-state index contributed by atoms with van der Waals surface area (Å²) in [5.41, 5.74) is 1.21. The molecule has 1 aliphatic heterocycles. The Morgan fingerprint density at radius 3 is 2.62 bits per heavy atom.